The Labute approximate surface area is 130 Å². The van der Waals surface area contributed by atoms with E-state index in [4.69, 9.17) is 23.2 Å². The minimum absolute atomic E-state index is 0.0467. The van der Waals surface area contributed by atoms with E-state index in [9.17, 15) is 4.79 Å². The van der Waals surface area contributed by atoms with Crippen molar-refractivity contribution in [3.05, 3.63) is 33.8 Å². The Hall–Kier alpha value is -0.770. The van der Waals surface area contributed by atoms with Gasteiger partial charge in [-0.15, -0.1) is 0 Å². The number of nitrogens with one attached hydrogen (secondary N) is 1. The summed E-state index contributed by atoms with van der Waals surface area (Å²) in [7, 11) is 0. The first-order valence-corrected chi connectivity index (χ1v) is 7.78. The molecule has 1 heterocycles. The first-order valence-electron chi connectivity index (χ1n) is 7.03. The highest BCUT2D eigenvalue weighted by Crippen LogP contribution is 2.26. The molecule has 0 aliphatic carbocycles. The number of piperidine rings is 1. The van der Waals surface area contributed by atoms with Gasteiger partial charge in [-0.3, -0.25) is 9.69 Å². The van der Waals surface area contributed by atoms with E-state index in [1.165, 1.54) is 19.3 Å². The number of carbonyl (C=O) groups excluding carboxylic acids is 1. The maximum Gasteiger partial charge on any atom is 0.234 e. The van der Waals surface area contributed by atoms with Gasteiger partial charge >= 0.3 is 0 Å². The SMILES string of the molecule is C[C@@H](NC(=O)CN1CCCCC1)c1ccc(Cl)cc1Cl. The molecule has 20 heavy (non-hydrogen) atoms. The summed E-state index contributed by atoms with van der Waals surface area (Å²) >= 11 is 12.0. The normalized spacial score (nSPS) is 17.8. The Kier molecular flexibility index (Phi) is 5.70. The van der Waals surface area contributed by atoms with Crippen molar-refractivity contribution in [1.82, 2.24) is 10.2 Å². The molecule has 0 spiro atoms. The van der Waals surface area contributed by atoms with E-state index in [2.05, 4.69) is 10.2 Å². The van der Waals surface area contributed by atoms with Gasteiger partial charge in [-0.25, -0.2) is 0 Å². The van der Waals surface area contributed by atoms with Crippen molar-refractivity contribution in [3.63, 3.8) is 0 Å². The van der Waals surface area contributed by atoms with Gasteiger partial charge in [0.25, 0.3) is 0 Å². The molecule has 3 nitrogen and oxygen atoms in total. The monoisotopic (exact) mass is 314 g/mol. The van der Waals surface area contributed by atoms with Gasteiger partial charge in [0, 0.05) is 10.0 Å². The molecule has 0 radical (unpaired) electrons. The van der Waals surface area contributed by atoms with E-state index in [0.29, 0.717) is 16.6 Å². The summed E-state index contributed by atoms with van der Waals surface area (Å²) in [4.78, 5) is 14.3. The molecule has 1 N–H and O–H groups in total. The van der Waals surface area contributed by atoms with Crippen LogP contribution in [0.25, 0.3) is 0 Å². The molecule has 1 aliphatic heterocycles. The Balaban J connectivity index is 1.89. The van der Waals surface area contributed by atoms with Crippen molar-refractivity contribution >= 4 is 29.1 Å². The fourth-order valence-corrected chi connectivity index (χ4v) is 3.11. The van der Waals surface area contributed by atoms with E-state index >= 15 is 0 Å². The summed E-state index contributed by atoms with van der Waals surface area (Å²) in [6, 6.07) is 5.23. The average molecular weight is 315 g/mol. The first-order chi connectivity index (χ1) is 9.56. The second kappa shape index (κ2) is 7.30. The molecule has 2 rings (SSSR count). The number of carbonyl (C=O) groups is 1. The maximum atomic E-state index is 12.1. The van der Waals surface area contributed by atoms with Gasteiger partial charge in [-0.2, -0.15) is 0 Å². The second-order valence-electron chi connectivity index (χ2n) is 5.29. The van der Waals surface area contributed by atoms with Crippen LogP contribution in [0.4, 0.5) is 0 Å². The van der Waals surface area contributed by atoms with Crippen LogP contribution < -0.4 is 5.32 Å². The van der Waals surface area contributed by atoms with Gasteiger partial charge in [0.15, 0.2) is 0 Å². The fourth-order valence-electron chi connectivity index (χ4n) is 2.54. The zero-order valence-corrected chi connectivity index (χ0v) is 13.2. The van der Waals surface area contributed by atoms with Gasteiger partial charge < -0.3 is 5.32 Å². The number of likely N-dealkylation sites (tertiary alicyclic amines) is 1. The van der Waals surface area contributed by atoms with E-state index in [-0.39, 0.29) is 11.9 Å². The van der Waals surface area contributed by atoms with E-state index in [0.717, 1.165) is 18.7 Å². The molecule has 1 amide bonds. The van der Waals surface area contributed by atoms with Crippen LogP contribution in [0.5, 0.6) is 0 Å². The average Bonchev–Trinajstić information content (AvgIpc) is 2.39. The lowest BCUT2D eigenvalue weighted by Crippen LogP contribution is -2.40. The summed E-state index contributed by atoms with van der Waals surface area (Å²) in [5.41, 5.74) is 0.892. The largest absolute Gasteiger partial charge is 0.348 e. The molecule has 0 unspecified atom stereocenters. The number of hydrogen-bond acceptors (Lipinski definition) is 2. The standard InChI is InChI=1S/C15H20Cl2N2O/c1-11(13-6-5-12(16)9-14(13)17)18-15(20)10-19-7-3-2-4-8-19/h5-6,9,11H,2-4,7-8,10H2,1H3,(H,18,20)/t11-/m1/s1. The molecule has 1 saturated heterocycles. The summed E-state index contributed by atoms with van der Waals surface area (Å²) in [5, 5.41) is 4.18. The quantitative estimate of drug-likeness (QED) is 0.920. The van der Waals surface area contributed by atoms with Gasteiger partial charge in [-0.1, -0.05) is 35.7 Å². The van der Waals surface area contributed by atoms with E-state index in [1.54, 1.807) is 12.1 Å². The molecule has 110 valence electrons. The molecule has 1 atom stereocenters. The van der Waals surface area contributed by atoms with Gasteiger partial charge in [0.05, 0.1) is 12.6 Å². The fraction of sp³-hybridized carbons (Fsp3) is 0.533. The van der Waals surface area contributed by atoms with Gasteiger partial charge in [-0.05, 0) is 50.6 Å². The van der Waals surface area contributed by atoms with Crippen LogP contribution in [-0.2, 0) is 4.79 Å². The Morgan fingerprint density at radius 3 is 2.65 bits per heavy atom. The van der Waals surface area contributed by atoms with Crippen molar-refractivity contribution in [2.45, 2.75) is 32.2 Å². The third kappa shape index (κ3) is 4.37. The Morgan fingerprint density at radius 2 is 2.00 bits per heavy atom. The van der Waals surface area contributed by atoms with Crippen molar-refractivity contribution in [3.8, 4) is 0 Å². The van der Waals surface area contributed by atoms with Crippen LogP contribution in [0, 0.1) is 0 Å². The summed E-state index contributed by atoms with van der Waals surface area (Å²) in [5.74, 6) is 0.0467. The zero-order valence-electron chi connectivity index (χ0n) is 11.7. The van der Waals surface area contributed by atoms with Crippen molar-refractivity contribution < 1.29 is 4.79 Å². The lowest BCUT2D eigenvalue weighted by atomic mass is 10.1. The number of rotatable bonds is 4. The molecule has 1 fully saturated rings. The summed E-state index contributed by atoms with van der Waals surface area (Å²) < 4.78 is 0. The predicted octanol–water partition coefficient (Wildman–Crippen LogP) is 3.66. The number of halogens is 2. The van der Waals surface area contributed by atoms with Crippen LogP contribution >= 0.6 is 23.2 Å². The lowest BCUT2D eigenvalue weighted by molar-refractivity contribution is -0.123. The summed E-state index contributed by atoms with van der Waals surface area (Å²) in [6.07, 6.45) is 3.65. The van der Waals surface area contributed by atoms with Gasteiger partial charge in [0.1, 0.15) is 0 Å². The molecule has 0 bridgehead atoms. The van der Waals surface area contributed by atoms with Gasteiger partial charge in [0.2, 0.25) is 5.91 Å². The highest BCUT2D eigenvalue weighted by atomic mass is 35.5. The number of amides is 1. The molecule has 1 aliphatic rings. The third-order valence-electron chi connectivity index (χ3n) is 3.62. The van der Waals surface area contributed by atoms with Crippen LogP contribution in [0.15, 0.2) is 18.2 Å². The molecular weight excluding hydrogens is 295 g/mol. The molecular formula is C15H20Cl2N2O. The first kappa shape index (κ1) is 15.6. The zero-order chi connectivity index (χ0) is 14.5. The number of hydrogen-bond donors (Lipinski definition) is 1. The molecule has 1 aromatic carbocycles. The van der Waals surface area contributed by atoms with Crippen molar-refractivity contribution in [1.29, 1.82) is 0 Å². The number of nitrogens with zero attached hydrogens (tertiary/aromatic N) is 1. The maximum absolute atomic E-state index is 12.1. The highest BCUT2D eigenvalue weighted by molar-refractivity contribution is 6.35. The molecule has 1 aromatic rings. The summed E-state index contributed by atoms with van der Waals surface area (Å²) in [6.45, 7) is 4.44. The van der Waals surface area contributed by atoms with E-state index in [1.807, 2.05) is 13.0 Å². The molecule has 0 saturated carbocycles. The third-order valence-corrected chi connectivity index (χ3v) is 4.18. The van der Waals surface area contributed by atoms with Crippen LogP contribution in [0.1, 0.15) is 37.8 Å². The van der Waals surface area contributed by atoms with Crippen LogP contribution in [-0.4, -0.2) is 30.4 Å². The Bertz CT molecular complexity index is 473. The minimum Gasteiger partial charge on any atom is -0.348 e. The van der Waals surface area contributed by atoms with E-state index < -0.39 is 0 Å². The van der Waals surface area contributed by atoms with Crippen molar-refractivity contribution in [2.24, 2.45) is 0 Å². The number of benzene rings is 1. The van der Waals surface area contributed by atoms with Crippen LogP contribution in [0.3, 0.4) is 0 Å². The van der Waals surface area contributed by atoms with Crippen molar-refractivity contribution in [2.75, 3.05) is 19.6 Å². The lowest BCUT2D eigenvalue weighted by Gasteiger charge is -2.26. The highest BCUT2D eigenvalue weighted by Gasteiger charge is 2.17. The predicted molar refractivity (Wildman–Crippen MR) is 83.3 cm³/mol. The minimum atomic E-state index is -0.114. The smallest absolute Gasteiger partial charge is 0.234 e. The second-order valence-corrected chi connectivity index (χ2v) is 6.14. The Morgan fingerprint density at radius 1 is 1.30 bits per heavy atom. The molecule has 5 heteroatoms. The topological polar surface area (TPSA) is 32.3 Å². The molecule has 0 aromatic heterocycles. The van der Waals surface area contributed by atoms with Crippen LogP contribution in [0.2, 0.25) is 10.0 Å².